The number of nitrogens with one attached hydrogen (secondary N) is 1. The first-order valence-electron chi connectivity index (χ1n) is 10.4. The van der Waals surface area contributed by atoms with Gasteiger partial charge < -0.3 is 24.6 Å². The lowest BCUT2D eigenvalue weighted by atomic mass is 9.73. The molecule has 0 saturated heterocycles. The molecule has 0 bridgehead atoms. The van der Waals surface area contributed by atoms with Gasteiger partial charge in [0, 0.05) is 25.6 Å². The molecule has 0 rings (SSSR count). The summed E-state index contributed by atoms with van der Waals surface area (Å²) in [5, 5.41) is 11.6. The Labute approximate surface area is 176 Å². The molecule has 0 aliphatic carbocycles. The van der Waals surface area contributed by atoms with Crippen LogP contribution in [0.25, 0.3) is 0 Å². The lowest BCUT2D eigenvalue weighted by Crippen LogP contribution is -2.43. The number of hydrogen-bond donors (Lipinski definition) is 2. The average molecular weight is 416 g/mol. The topological polar surface area (TPSA) is 94.1 Å². The van der Waals surface area contributed by atoms with Gasteiger partial charge in [-0.05, 0) is 52.4 Å². The predicted molar refractivity (Wildman–Crippen MR) is 114 cm³/mol. The van der Waals surface area contributed by atoms with Crippen LogP contribution in [0.5, 0.6) is 0 Å². The molecule has 0 unspecified atom stereocenters. The number of rotatable bonds is 15. The van der Waals surface area contributed by atoms with Gasteiger partial charge in [0.25, 0.3) is 0 Å². The van der Waals surface area contributed by atoms with Crippen molar-refractivity contribution in [3.63, 3.8) is 0 Å². The molecule has 0 atom stereocenters. The van der Waals surface area contributed by atoms with E-state index in [1.54, 1.807) is 0 Å². The fraction of sp³-hybridized carbons (Fsp3) is 0.818. The second-order valence-electron chi connectivity index (χ2n) is 8.97. The fourth-order valence-electron chi connectivity index (χ4n) is 2.56. The van der Waals surface area contributed by atoms with E-state index in [9.17, 15) is 9.59 Å². The number of hydrogen-bond acceptors (Lipinski definition) is 6. The van der Waals surface area contributed by atoms with Crippen molar-refractivity contribution in [1.29, 1.82) is 0 Å². The lowest BCUT2D eigenvalue weighted by molar-refractivity contribution is -0.137. The first kappa shape index (κ1) is 27.4. The molecule has 7 nitrogen and oxygen atoms in total. The number of unbranched alkanes of at least 4 members (excludes halogenated alkanes) is 1. The fourth-order valence-corrected chi connectivity index (χ4v) is 2.56. The quantitative estimate of drug-likeness (QED) is 0.239. The summed E-state index contributed by atoms with van der Waals surface area (Å²) in [7, 11) is 0. The second kappa shape index (κ2) is 12.9. The summed E-state index contributed by atoms with van der Waals surface area (Å²) in [6, 6.07) is 0. The molecule has 0 radical (unpaired) electrons. The van der Waals surface area contributed by atoms with Crippen molar-refractivity contribution in [2.75, 3.05) is 26.4 Å². The van der Waals surface area contributed by atoms with Gasteiger partial charge in [0.15, 0.2) is 0 Å². The number of ether oxygens (including phenoxy) is 3. The minimum Gasteiger partial charge on any atom is -0.462 e. The molecule has 170 valence electrons. The molecular formula is C22H41NO6. The van der Waals surface area contributed by atoms with Gasteiger partial charge in [-0.1, -0.05) is 26.8 Å². The van der Waals surface area contributed by atoms with Crippen LogP contribution in [0.15, 0.2) is 12.7 Å². The van der Waals surface area contributed by atoms with E-state index < -0.39 is 17.7 Å². The minimum atomic E-state index is -0.670. The van der Waals surface area contributed by atoms with Crippen molar-refractivity contribution in [2.45, 2.75) is 84.8 Å². The van der Waals surface area contributed by atoms with Crippen molar-refractivity contribution in [3.8, 4) is 0 Å². The predicted octanol–water partition coefficient (Wildman–Crippen LogP) is 3.98. The van der Waals surface area contributed by atoms with Crippen molar-refractivity contribution >= 4 is 12.1 Å². The Morgan fingerprint density at radius 2 is 1.66 bits per heavy atom. The Hall–Kier alpha value is -1.60. The normalized spacial score (nSPS) is 12.4. The van der Waals surface area contributed by atoms with Crippen LogP contribution in [0.3, 0.4) is 0 Å². The van der Waals surface area contributed by atoms with Crippen LogP contribution in [0.2, 0.25) is 0 Å². The summed E-state index contributed by atoms with van der Waals surface area (Å²) in [6.45, 7) is 16.8. The molecule has 0 aliphatic rings. The maximum absolute atomic E-state index is 12.0. The molecular weight excluding hydrogens is 374 g/mol. The highest BCUT2D eigenvalue weighted by molar-refractivity contribution is 5.81. The number of esters is 1. The zero-order valence-electron chi connectivity index (χ0n) is 19.1. The van der Waals surface area contributed by atoms with E-state index in [1.807, 2.05) is 13.8 Å². The average Bonchev–Trinajstić information content (AvgIpc) is 2.60. The van der Waals surface area contributed by atoms with Gasteiger partial charge in [-0.15, -0.1) is 0 Å². The monoisotopic (exact) mass is 415 g/mol. The molecule has 1 amide bonds. The Balaban J connectivity index is 4.24. The first-order valence-corrected chi connectivity index (χ1v) is 10.4. The van der Waals surface area contributed by atoms with Gasteiger partial charge in [0.2, 0.25) is 0 Å². The number of aliphatic hydroxyl groups excluding tert-OH is 1. The first-order chi connectivity index (χ1) is 13.4. The molecule has 29 heavy (non-hydrogen) atoms. The molecule has 7 heteroatoms. The van der Waals surface area contributed by atoms with Gasteiger partial charge >= 0.3 is 12.1 Å². The maximum Gasteiger partial charge on any atom is 0.407 e. The molecule has 2 N–H and O–H groups in total. The van der Waals surface area contributed by atoms with Gasteiger partial charge in [0.1, 0.15) is 5.60 Å². The summed E-state index contributed by atoms with van der Waals surface area (Å²) in [4.78, 5) is 22.9. The zero-order valence-corrected chi connectivity index (χ0v) is 19.1. The van der Waals surface area contributed by atoms with Crippen molar-refractivity contribution in [1.82, 2.24) is 5.32 Å². The molecule has 0 aromatic heterocycles. The Morgan fingerprint density at radius 1 is 1.00 bits per heavy atom. The number of amides is 1. The van der Waals surface area contributed by atoms with E-state index in [0.717, 1.165) is 25.3 Å². The molecule has 0 fully saturated rings. The van der Waals surface area contributed by atoms with E-state index >= 15 is 0 Å². The molecule has 0 aromatic rings. The van der Waals surface area contributed by atoms with Crippen LogP contribution in [0, 0.1) is 5.41 Å². The van der Waals surface area contributed by atoms with Crippen molar-refractivity contribution in [3.05, 3.63) is 12.7 Å². The summed E-state index contributed by atoms with van der Waals surface area (Å²) >= 11 is 0. The van der Waals surface area contributed by atoms with Gasteiger partial charge in [-0.25, -0.2) is 9.59 Å². The largest absolute Gasteiger partial charge is 0.462 e. The third kappa shape index (κ3) is 11.9. The summed E-state index contributed by atoms with van der Waals surface area (Å²) in [5.74, 6) is -0.479. The standard InChI is InChI=1S/C22H41NO6/c1-8-18(25)27-16-11-14-23-19(26)29-21(4,5)13-17-28-22(6,7)20(2,3)12-9-10-15-24/h8,24H,1,9-17H2,2-7H3,(H,23,26). The highest BCUT2D eigenvalue weighted by atomic mass is 16.6. The second-order valence-corrected chi connectivity index (χ2v) is 8.97. The third-order valence-electron chi connectivity index (χ3n) is 5.38. The molecule has 0 saturated carbocycles. The molecule has 0 aromatic carbocycles. The minimum absolute atomic E-state index is 0.0421. The van der Waals surface area contributed by atoms with E-state index in [4.69, 9.17) is 19.3 Å². The SMILES string of the molecule is C=CC(=O)OCCCNC(=O)OC(C)(C)CCOC(C)(C)C(C)(C)CCCCO. The zero-order chi connectivity index (χ0) is 22.6. The van der Waals surface area contributed by atoms with Gasteiger partial charge in [-0.3, -0.25) is 0 Å². The summed E-state index contributed by atoms with van der Waals surface area (Å²) in [5.41, 5.74) is -1.06. The van der Waals surface area contributed by atoms with E-state index in [2.05, 4.69) is 39.6 Å². The highest BCUT2D eigenvalue weighted by Gasteiger charge is 2.37. The Morgan fingerprint density at radius 3 is 2.24 bits per heavy atom. The smallest absolute Gasteiger partial charge is 0.407 e. The van der Waals surface area contributed by atoms with Crippen molar-refractivity contribution < 1.29 is 28.9 Å². The van der Waals surface area contributed by atoms with E-state index in [1.165, 1.54) is 0 Å². The van der Waals surface area contributed by atoms with Crippen LogP contribution in [0.4, 0.5) is 4.79 Å². The third-order valence-corrected chi connectivity index (χ3v) is 5.38. The Bertz CT molecular complexity index is 513. The number of alkyl carbamates (subject to hydrolysis) is 1. The Kier molecular flexibility index (Phi) is 12.1. The lowest BCUT2D eigenvalue weighted by Gasteiger charge is -2.42. The molecule has 0 heterocycles. The van der Waals surface area contributed by atoms with Gasteiger partial charge in [0.05, 0.1) is 18.8 Å². The van der Waals surface area contributed by atoms with Crippen LogP contribution in [-0.2, 0) is 19.0 Å². The van der Waals surface area contributed by atoms with Crippen LogP contribution >= 0.6 is 0 Å². The van der Waals surface area contributed by atoms with Crippen LogP contribution in [0.1, 0.15) is 73.6 Å². The summed E-state index contributed by atoms with van der Waals surface area (Å²) in [6.07, 6.45) is 4.37. The molecule has 0 aliphatic heterocycles. The van der Waals surface area contributed by atoms with Crippen LogP contribution < -0.4 is 5.32 Å². The number of carbonyl (C=O) groups excluding carboxylic acids is 2. The number of aliphatic hydroxyl groups is 1. The number of carbonyl (C=O) groups is 2. The van der Waals surface area contributed by atoms with E-state index in [0.29, 0.717) is 26.0 Å². The molecule has 0 spiro atoms. The summed E-state index contributed by atoms with van der Waals surface area (Å²) < 4.78 is 16.5. The highest BCUT2D eigenvalue weighted by Crippen LogP contribution is 2.38. The van der Waals surface area contributed by atoms with E-state index in [-0.39, 0.29) is 24.2 Å². The van der Waals surface area contributed by atoms with Crippen molar-refractivity contribution in [2.24, 2.45) is 5.41 Å². The van der Waals surface area contributed by atoms with Gasteiger partial charge in [-0.2, -0.15) is 0 Å². The van der Waals surface area contributed by atoms with Crippen LogP contribution in [-0.4, -0.2) is 54.7 Å². The maximum atomic E-state index is 12.0.